The molecule has 0 aromatic rings. The minimum absolute atomic E-state index is 0.0960. The molecule has 14 heteroatoms. The van der Waals surface area contributed by atoms with Gasteiger partial charge in [0.05, 0.1) is 12.6 Å². The smallest absolute Gasteiger partial charge is 0.326 e. The second-order valence-corrected chi connectivity index (χ2v) is 7.54. The second-order valence-electron chi connectivity index (χ2n) is 7.54. The topological polar surface area (TPSA) is 252 Å². The summed E-state index contributed by atoms with van der Waals surface area (Å²) in [4.78, 5) is 62.8. The van der Waals surface area contributed by atoms with Crippen LogP contribution < -0.4 is 33.2 Å². The molecule has 0 fully saturated rings. The summed E-state index contributed by atoms with van der Waals surface area (Å²) in [6.07, 6.45) is 0.475. The minimum Gasteiger partial charge on any atom is -0.481 e. The van der Waals surface area contributed by atoms with Crippen LogP contribution in [0.4, 0.5) is 0 Å². The number of nitrogens with two attached hydrogens (primary N) is 3. The molecule has 0 aliphatic rings. The van der Waals surface area contributed by atoms with E-state index in [-0.39, 0.29) is 31.3 Å². The van der Waals surface area contributed by atoms with Gasteiger partial charge in [0.2, 0.25) is 17.7 Å². The second kappa shape index (κ2) is 15.4. The van der Waals surface area contributed by atoms with Crippen LogP contribution in [0.15, 0.2) is 4.99 Å². The van der Waals surface area contributed by atoms with E-state index in [1.807, 2.05) is 0 Å². The summed E-state index contributed by atoms with van der Waals surface area (Å²) in [6.45, 7) is 3.14. The lowest BCUT2D eigenvalue weighted by Gasteiger charge is -2.22. The van der Waals surface area contributed by atoms with Crippen LogP contribution in [-0.2, 0) is 24.0 Å². The van der Waals surface area contributed by atoms with Crippen molar-refractivity contribution in [2.75, 3.05) is 13.1 Å². The molecule has 0 aliphatic carbocycles. The number of hydrogen-bond acceptors (Lipinski definition) is 7. The molecule has 188 valence electrons. The highest BCUT2D eigenvalue weighted by molar-refractivity contribution is 5.92. The first-order valence-electron chi connectivity index (χ1n) is 10.5. The number of carbonyl (C=O) groups excluding carboxylic acids is 3. The molecule has 0 spiro atoms. The monoisotopic (exact) mass is 473 g/mol. The molecule has 0 aliphatic heterocycles. The van der Waals surface area contributed by atoms with Crippen LogP contribution >= 0.6 is 0 Å². The van der Waals surface area contributed by atoms with Crippen molar-refractivity contribution >= 4 is 35.6 Å². The van der Waals surface area contributed by atoms with E-state index in [2.05, 4.69) is 20.9 Å². The van der Waals surface area contributed by atoms with Crippen molar-refractivity contribution in [1.82, 2.24) is 16.0 Å². The number of guanidine groups is 1. The van der Waals surface area contributed by atoms with E-state index in [0.29, 0.717) is 12.8 Å². The van der Waals surface area contributed by atoms with Gasteiger partial charge in [0.15, 0.2) is 5.96 Å². The van der Waals surface area contributed by atoms with Crippen LogP contribution in [0.25, 0.3) is 0 Å². The highest BCUT2D eigenvalue weighted by Gasteiger charge is 2.27. The SMILES string of the molecule is CCC(C)C(NC(=O)CNC(=O)C(CCC(=O)O)NC(=O)C(N)CCCN=C(N)N)C(=O)O. The average molecular weight is 474 g/mol. The molecule has 0 rings (SSSR count). The zero-order valence-corrected chi connectivity index (χ0v) is 18.9. The molecular formula is C19H35N7O7. The molecule has 4 atom stereocenters. The highest BCUT2D eigenvalue weighted by Crippen LogP contribution is 2.07. The number of carbonyl (C=O) groups is 5. The maximum Gasteiger partial charge on any atom is 0.326 e. The first kappa shape index (κ1) is 29.6. The Kier molecular flexibility index (Phi) is 13.8. The van der Waals surface area contributed by atoms with E-state index >= 15 is 0 Å². The van der Waals surface area contributed by atoms with E-state index in [4.69, 9.17) is 22.3 Å². The fraction of sp³-hybridized carbons (Fsp3) is 0.684. The van der Waals surface area contributed by atoms with Gasteiger partial charge in [-0.3, -0.25) is 24.2 Å². The predicted octanol–water partition coefficient (Wildman–Crippen LogP) is -2.55. The van der Waals surface area contributed by atoms with Crippen LogP contribution in [0, 0.1) is 5.92 Å². The van der Waals surface area contributed by atoms with Crippen molar-refractivity contribution in [3.05, 3.63) is 0 Å². The van der Waals surface area contributed by atoms with Gasteiger partial charge >= 0.3 is 11.9 Å². The predicted molar refractivity (Wildman–Crippen MR) is 119 cm³/mol. The molecule has 0 radical (unpaired) electrons. The molecule has 0 heterocycles. The Balaban J connectivity index is 4.92. The molecule has 33 heavy (non-hydrogen) atoms. The summed E-state index contributed by atoms with van der Waals surface area (Å²) in [7, 11) is 0. The largest absolute Gasteiger partial charge is 0.481 e. The van der Waals surface area contributed by atoms with Gasteiger partial charge in [0.25, 0.3) is 0 Å². The molecular weight excluding hydrogens is 438 g/mol. The van der Waals surface area contributed by atoms with Crippen molar-refractivity contribution in [3.63, 3.8) is 0 Å². The standard InChI is InChI=1S/C19H35N7O7/c1-3-10(2)15(18(32)33)26-13(27)9-24-17(31)12(6-7-14(28)29)25-16(30)11(20)5-4-8-23-19(21)22/h10-12,15H,3-9,20H2,1-2H3,(H,24,31)(H,25,30)(H,26,27)(H,28,29)(H,32,33)(H4,21,22,23). The lowest BCUT2D eigenvalue weighted by atomic mass is 9.99. The molecule has 0 saturated carbocycles. The lowest BCUT2D eigenvalue weighted by Crippen LogP contribution is -2.54. The number of hydrogen-bond donors (Lipinski definition) is 8. The number of aliphatic imine (C=N–C) groups is 1. The maximum absolute atomic E-state index is 12.5. The number of nitrogens with zero attached hydrogens (tertiary/aromatic N) is 1. The summed E-state index contributed by atoms with van der Waals surface area (Å²) < 4.78 is 0. The van der Waals surface area contributed by atoms with Gasteiger partial charge in [-0.15, -0.1) is 0 Å². The van der Waals surface area contributed by atoms with Crippen molar-refractivity contribution in [2.24, 2.45) is 28.1 Å². The Morgan fingerprint density at radius 1 is 1.00 bits per heavy atom. The van der Waals surface area contributed by atoms with Crippen molar-refractivity contribution in [3.8, 4) is 0 Å². The van der Waals surface area contributed by atoms with E-state index in [1.165, 1.54) is 0 Å². The van der Waals surface area contributed by atoms with Crippen LogP contribution in [0.1, 0.15) is 46.0 Å². The molecule has 0 saturated heterocycles. The van der Waals surface area contributed by atoms with Crippen molar-refractivity contribution in [2.45, 2.75) is 64.1 Å². The molecule has 3 amide bonds. The number of amides is 3. The van der Waals surface area contributed by atoms with Gasteiger partial charge < -0.3 is 43.4 Å². The Morgan fingerprint density at radius 3 is 2.15 bits per heavy atom. The van der Waals surface area contributed by atoms with Crippen molar-refractivity contribution in [1.29, 1.82) is 0 Å². The molecule has 0 bridgehead atoms. The van der Waals surface area contributed by atoms with Crippen LogP contribution in [0.3, 0.4) is 0 Å². The fourth-order valence-electron chi connectivity index (χ4n) is 2.66. The lowest BCUT2D eigenvalue weighted by molar-refractivity contribution is -0.143. The summed E-state index contributed by atoms with van der Waals surface area (Å²) in [5, 5.41) is 25.1. The molecule has 11 N–H and O–H groups in total. The summed E-state index contributed by atoms with van der Waals surface area (Å²) in [6, 6.07) is -3.37. The quantitative estimate of drug-likeness (QED) is 0.0661. The molecule has 0 aromatic heterocycles. The van der Waals surface area contributed by atoms with Gasteiger partial charge in [-0.25, -0.2) is 4.79 Å². The maximum atomic E-state index is 12.5. The Bertz CT molecular complexity index is 725. The number of aliphatic carboxylic acids is 2. The van der Waals surface area contributed by atoms with Crippen LogP contribution in [0.2, 0.25) is 0 Å². The summed E-state index contributed by atoms with van der Waals surface area (Å²) in [5.41, 5.74) is 16.2. The Hall–Kier alpha value is -3.42. The first-order valence-corrected chi connectivity index (χ1v) is 10.5. The molecule has 4 unspecified atom stereocenters. The Morgan fingerprint density at radius 2 is 1.64 bits per heavy atom. The van der Waals surface area contributed by atoms with E-state index in [1.54, 1.807) is 13.8 Å². The van der Waals surface area contributed by atoms with Gasteiger partial charge in [-0.2, -0.15) is 0 Å². The van der Waals surface area contributed by atoms with Gasteiger partial charge in [-0.05, 0) is 25.2 Å². The van der Waals surface area contributed by atoms with Gasteiger partial charge in [-0.1, -0.05) is 20.3 Å². The van der Waals surface area contributed by atoms with E-state index in [9.17, 15) is 29.1 Å². The van der Waals surface area contributed by atoms with Gasteiger partial charge in [0, 0.05) is 13.0 Å². The number of carboxylic acids is 2. The van der Waals surface area contributed by atoms with Crippen LogP contribution in [0.5, 0.6) is 0 Å². The highest BCUT2D eigenvalue weighted by atomic mass is 16.4. The number of carboxylic acid groups (broad SMARTS) is 2. The third kappa shape index (κ3) is 12.9. The van der Waals surface area contributed by atoms with Crippen LogP contribution in [-0.4, -0.2) is 77.0 Å². The zero-order valence-electron chi connectivity index (χ0n) is 18.9. The normalized spacial score (nSPS) is 14.2. The third-order valence-electron chi connectivity index (χ3n) is 4.80. The minimum atomic E-state index is -1.25. The fourth-order valence-corrected chi connectivity index (χ4v) is 2.66. The van der Waals surface area contributed by atoms with E-state index in [0.717, 1.165) is 0 Å². The summed E-state index contributed by atoms with van der Waals surface area (Å²) >= 11 is 0. The molecule has 0 aromatic carbocycles. The number of rotatable bonds is 16. The Labute approximate surface area is 191 Å². The van der Waals surface area contributed by atoms with Gasteiger partial charge in [0.1, 0.15) is 12.1 Å². The first-order chi connectivity index (χ1) is 15.4. The average Bonchev–Trinajstić information content (AvgIpc) is 2.74. The van der Waals surface area contributed by atoms with E-state index < -0.39 is 60.8 Å². The molecule has 14 nitrogen and oxygen atoms in total. The zero-order chi connectivity index (χ0) is 25.6. The van der Waals surface area contributed by atoms with Crippen molar-refractivity contribution < 1.29 is 34.2 Å². The summed E-state index contributed by atoms with van der Waals surface area (Å²) in [5.74, 6) is -5.04. The third-order valence-corrected chi connectivity index (χ3v) is 4.80. The number of nitrogens with one attached hydrogen (secondary N) is 3.